The first-order valence-corrected chi connectivity index (χ1v) is 10.1. The summed E-state index contributed by atoms with van der Waals surface area (Å²) in [6.07, 6.45) is 1.55. The molecule has 0 fully saturated rings. The Morgan fingerprint density at radius 3 is 2.46 bits per heavy atom. The van der Waals surface area contributed by atoms with Crippen LogP contribution in [0.15, 0.2) is 35.9 Å². The smallest absolute Gasteiger partial charge is 0.266 e. The highest BCUT2D eigenvalue weighted by molar-refractivity contribution is 14.1. The molecule has 0 aliphatic heterocycles. The number of aryl methyl sites for hydroxylation is 2. The van der Waals surface area contributed by atoms with Crippen LogP contribution in [-0.2, 0) is 4.79 Å². The molecule has 2 aromatic rings. The standard InChI is InChI=1S/C22H23IN2O3/c1-5-27-20-12-16(11-19(23)21(20)28-6-2)10-17(13-24)22(26)25-18-8-7-14(3)15(4)9-18/h7-12H,5-6H2,1-4H3,(H,25,26)/b17-10+. The summed E-state index contributed by atoms with van der Waals surface area (Å²) in [5.41, 5.74) is 3.58. The fraction of sp³-hybridized carbons (Fsp3) is 0.273. The molecule has 0 radical (unpaired) electrons. The topological polar surface area (TPSA) is 71.3 Å². The maximum absolute atomic E-state index is 12.5. The summed E-state index contributed by atoms with van der Waals surface area (Å²) in [5, 5.41) is 12.3. The number of halogens is 1. The molecule has 0 aromatic heterocycles. The first-order chi connectivity index (χ1) is 13.4. The number of rotatable bonds is 7. The molecule has 0 bridgehead atoms. The number of ether oxygens (including phenoxy) is 2. The molecule has 0 unspecified atom stereocenters. The van der Waals surface area contributed by atoms with Gasteiger partial charge in [-0.15, -0.1) is 0 Å². The molecule has 0 aliphatic carbocycles. The summed E-state index contributed by atoms with van der Waals surface area (Å²) in [6, 6.07) is 11.3. The number of nitrogens with zero attached hydrogens (tertiary/aromatic N) is 1. The molecule has 2 rings (SSSR count). The highest BCUT2D eigenvalue weighted by atomic mass is 127. The van der Waals surface area contributed by atoms with Gasteiger partial charge in [-0.05, 0) is 97.3 Å². The van der Waals surface area contributed by atoms with E-state index >= 15 is 0 Å². The van der Waals surface area contributed by atoms with Crippen LogP contribution in [0.1, 0.15) is 30.5 Å². The summed E-state index contributed by atoms with van der Waals surface area (Å²) < 4.78 is 12.2. The average molecular weight is 490 g/mol. The fourth-order valence-corrected chi connectivity index (χ4v) is 3.33. The zero-order valence-corrected chi connectivity index (χ0v) is 18.6. The first-order valence-electron chi connectivity index (χ1n) is 8.99. The first kappa shape index (κ1) is 21.8. The van der Waals surface area contributed by atoms with Gasteiger partial charge in [-0.25, -0.2) is 0 Å². The molecule has 6 heteroatoms. The summed E-state index contributed by atoms with van der Waals surface area (Å²) in [4.78, 5) is 12.5. The Morgan fingerprint density at radius 1 is 1.14 bits per heavy atom. The van der Waals surface area contributed by atoms with E-state index in [1.807, 2.05) is 58.0 Å². The quantitative estimate of drug-likeness (QED) is 0.327. The van der Waals surface area contributed by atoms with Gasteiger partial charge in [0.1, 0.15) is 11.6 Å². The minimum atomic E-state index is -0.451. The van der Waals surface area contributed by atoms with E-state index in [0.717, 1.165) is 14.7 Å². The summed E-state index contributed by atoms with van der Waals surface area (Å²) >= 11 is 2.16. The third-order valence-corrected chi connectivity index (χ3v) is 4.86. The largest absolute Gasteiger partial charge is 0.490 e. The molecule has 2 aromatic carbocycles. The zero-order valence-electron chi connectivity index (χ0n) is 16.4. The summed E-state index contributed by atoms with van der Waals surface area (Å²) in [6.45, 7) is 8.79. The molecule has 0 aliphatic rings. The van der Waals surface area contributed by atoms with E-state index < -0.39 is 5.91 Å². The van der Waals surface area contributed by atoms with Crippen LogP contribution in [0, 0.1) is 28.7 Å². The molecular formula is C22H23IN2O3. The van der Waals surface area contributed by atoms with E-state index in [0.29, 0.717) is 36.0 Å². The third kappa shape index (κ3) is 5.49. The van der Waals surface area contributed by atoms with Crippen molar-refractivity contribution < 1.29 is 14.3 Å². The number of carbonyl (C=O) groups excluding carboxylic acids is 1. The second-order valence-electron chi connectivity index (χ2n) is 6.12. The molecule has 0 heterocycles. The summed E-state index contributed by atoms with van der Waals surface area (Å²) in [5.74, 6) is 0.808. The predicted molar refractivity (Wildman–Crippen MR) is 120 cm³/mol. The van der Waals surface area contributed by atoms with Crippen LogP contribution in [0.2, 0.25) is 0 Å². The van der Waals surface area contributed by atoms with E-state index in [-0.39, 0.29) is 5.57 Å². The lowest BCUT2D eigenvalue weighted by molar-refractivity contribution is -0.112. The number of benzene rings is 2. The van der Waals surface area contributed by atoms with E-state index in [9.17, 15) is 10.1 Å². The second-order valence-corrected chi connectivity index (χ2v) is 7.28. The molecule has 5 nitrogen and oxygen atoms in total. The lowest BCUT2D eigenvalue weighted by Gasteiger charge is -2.13. The minimum Gasteiger partial charge on any atom is -0.490 e. The number of amides is 1. The Labute approximate surface area is 179 Å². The lowest BCUT2D eigenvalue weighted by atomic mass is 10.1. The fourth-order valence-electron chi connectivity index (χ4n) is 2.55. The van der Waals surface area contributed by atoms with Crippen LogP contribution in [0.3, 0.4) is 0 Å². The number of hydrogen-bond acceptors (Lipinski definition) is 4. The van der Waals surface area contributed by atoms with Gasteiger partial charge in [0.15, 0.2) is 11.5 Å². The molecule has 0 saturated heterocycles. The number of nitrogens with one attached hydrogen (secondary N) is 1. The molecule has 28 heavy (non-hydrogen) atoms. The van der Waals surface area contributed by atoms with Crippen molar-refractivity contribution in [3.63, 3.8) is 0 Å². The Bertz CT molecular complexity index is 946. The molecule has 0 spiro atoms. The highest BCUT2D eigenvalue weighted by Crippen LogP contribution is 2.35. The van der Waals surface area contributed by atoms with Crippen LogP contribution in [0.25, 0.3) is 6.08 Å². The van der Waals surface area contributed by atoms with Crippen molar-refractivity contribution in [1.29, 1.82) is 5.26 Å². The van der Waals surface area contributed by atoms with E-state index in [1.54, 1.807) is 12.1 Å². The van der Waals surface area contributed by atoms with E-state index in [2.05, 4.69) is 27.9 Å². The Hall–Kier alpha value is -2.53. The lowest BCUT2D eigenvalue weighted by Crippen LogP contribution is -2.13. The maximum Gasteiger partial charge on any atom is 0.266 e. The number of carbonyl (C=O) groups is 1. The van der Waals surface area contributed by atoms with Gasteiger partial charge in [-0.2, -0.15) is 5.26 Å². The average Bonchev–Trinajstić information content (AvgIpc) is 2.65. The minimum absolute atomic E-state index is 0.0145. The van der Waals surface area contributed by atoms with Gasteiger partial charge in [-0.1, -0.05) is 6.07 Å². The van der Waals surface area contributed by atoms with Crippen LogP contribution in [0.5, 0.6) is 11.5 Å². The van der Waals surface area contributed by atoms with Crippen LogP contribution in [-0.4, -0.2) is 19.1 Å². The molecule has 0 saturated carbocycles. The van der Waals surface area contributed by atoms with Crippen molar-refractivity contribution >= 4 is 40.3 Å². The predicted octanol–water partition coefficient (Wildman–Crippen LogP) is 5.25. The van der Waals surface area contributed by atoms with Crippen molar-refractivity contribution in [2.24, 2.45) is 0 Å². The maximum atomic E-state index is 12.5. The third-order valence-electron chi connectivity index (χ3n) is 4.06. The Morgan fingerprint density at radius 2 is 1.86 bits per heavy atom. The van der Waals surface area contributed by atoms with Crippen LogP contribution >= 0.6 is 22.6 Å². The number of nitriles is 1. The van der Waals surface area contributed by atoms with Crippen LogP contribution in [0.4, 0.5) is 5.69 Å². The SMILES string of the molecule is CCOc1cc(/C=C(\C#N)C(=O)Nc2ccc(C)c(C)c2)cc(I)c1OCC. The Balaban J connectivity index is 2.33. The van der Waals surface area contributed by atoms with Crippen molar-refractivity contribution in [3.05, 3.63) is 56.2 Å². The van der Waals surface area contributed by atoms with Gasteiger partial charge in [0, 0.05) is 5.69 Å². The van der Waals surface area contributed by atoms with Gasteiger partial charge < -0.3 is 14.8 Å². The molecule has 1 N–H and O–H groups in total. The van der Waals surface area contributed by atoms with E-state index in [4.69, 9.17) is 9.47 Å². The van der Waals surface area contributed by atoms with Crippen molar-refractivity contribution in [2.75, 3.05) is 18.5 Å². The summed E-state index contributed by atoms with van der Waals surface area (Å²) in [7, 11) is 0. The molecular weight excluding hydrogens is 467 g/mol. The van der Waals surface area contributed by atoms with Gasteiger partial charge in [-0.3, -0.25) is 4.79 Å². The highest BCUT2D eigenvalue weighted by Gasteiger charge is 2.14. The number of anilines is 1. The van der Waals surface area contributed by atoms with Crippen LogP contribution < -0.4 is 14.8 Å². The molecule has 146 valence electrons. The monoisotopic (exact) mass is 490 g/mol. The second kappa shape index (κ2) is 10.1. The number of hydrogen-bond donors (Lipinski definition) is 1. The zero-order chi connectivity index (χ0) is 20.7. The molecule has 1 amide bonds. The van der Waals surface area contributed by atoms with Gasteiger partial charge >= 0.3 is 0 Å². The van der Waals surface area contributed by atoms with Gasteiger partial charge in [0.25, 0.3) is 5.91 Å². The van der Waals surface area contributed by atoms with Gasteiger partial charge in [0.05, 0.1) is 16.8 Å². The van der Waals surface area contributed by atoms with Gasteiger partial charge in [0.2, 0.25) is 0 Å². The van der Waals surface area contributed by atoms with Crippen molar-refractivity contribution in [3.8, 4) is 17.6 Å². The normalized spacial score (nSPS) is 10.9. The van der Waals surface area contributed by atoms with E-state index in [1.165, 1.54) is 0 Å². The molecule has 0 atom stereocenters. The van der Waals surface area contributed by atoms with Crippen molar-refractivity contribution in [2.45, 2.75) is 27.7 Å². The Kier molecular flexibility index (Phi) is 7.88. The van der Waals surface area contributed by atoms with Crippen molar-refractivity contribution in [1.82, 2.24) is 0 Å².